The highest BCUT2D eigenvalue weighted by atomic mass is 16.4. The van der Waals surface area contributed by atoms with Crippen molar-refractivity contribution in [3.63, 3.8) is 0 Å². The third kappa shape index (κ3) is 3.88. The van der Waals surface area contributed by atoms with Crippen LogP contribution in [0, 0.1) is 5.41 Å². The second kappa shape index (κ2) is 6.70. The van der Waals surface area contributed by atoms with E-state index >= 15 is 0 Å². The zero-order chi connectivity index (χ0) is 17.3. The largest absolute Gasteiger partial charge is 0.434 e. The molecule has 134 valence electrons. The minimum absolute atomic E-state index is 0.00763. The third-order valence-electron chi connectivity index (χ3n) is 4.94. The molecule has 2 saturated heterocycles. The van der Waals surface area contributed by atoms with E-state index in [4.69, 9.17) is 4.42 Å². The number of likely N-dealkylation sites (tertiary alicyclic amines) is 2. The number of hydrogen-bond acceptors (Lipinski definition) is 5. The summed E-state index contributed by atoms with van der Waals surface area (Å²) >= 11 is 0. The molecule has 1 N–H and O–H groups in total. The summed E-state index contributed by atoms with van der Waals surface area (Å²) in [4.78, 5) is 28.3. The molecule has 1 aromatic rings. The van der Waals surface area contributed by atoms with Crippen LogP contribution in [0.25, 0.3) is 0 Å². The fraction of sp³-hybridized carbons (Fsp3) is 0.824. The quantitative estimate of drug-likeness (QED) is 0.906. The first kappa shape index (κ1) is 17.2. The summed E-state index contributed by atoms with van der Waals surface area (Å²) < 4.78 is 5.08. The maximum atomic E-state index is 12.9. The van der Waals surface area contributed by atoms with Crippen molar-refractivity contribution in [2.45, 2.75) is 58.4 Å². The van der Waals surface area contributed by atoms with Gasteiger partial charge in [-0.2, -0.15) is 0 Å². The van der Waals surface area contributed by atoms with Crippen LogP contribution in [0.4, 0.5) is 0 Å². The molecule has 7 nitrogen and oxygen atoms in total. The van der Waals surface area contributed by atoms with E-state index in [0.29, 0.717) is 5.89 Å². The number of nitrogens with one attached hydrogen (secondary N) is 1. The van der Waals surface area contributed by atoms with E-state index in [9.17, 15) is 9.59 Å². The van der Waals surface area contributed by atoms with Gasteiger partial charge >= 0.3 is 5.76 Å². The molecular formula is C17H28N4O3. The molecule has 24 heavy (non-hydrogen) atoms. The van der Waals surface area contributed by atoms with Crippen LogP contribution in [0.3, 0.4) is 0 Å². The van der Waals surface area contributed by atoms with Crippen molar-refractivity contribution in [2.75, 3.05) is 26.2 Å². The molecule has 0 bridgehead atoms. The Morgan fingerprint density at radius 2 is 1.88 bits per heavy atom. The number of nitrogens with zero attached hydrogens (tertiary/aromatic N) is 3. The van der Waals surface area contributed by atoms with Gasteiger partial charge in [-0.1, -0.05) is 20.8 Å². The number of hydrogen-bond donors (Lipinski definition) is 1. The predicted octanol–water partition coefficient (Wildman–Crippen LogP) is 1.58. The van der Waals surface area contributed by atoms with Gasteiger partial charge < -0.3 is 9.32 Å². The lowest BCUT2D eigenvalue weighted by Crippen LogP contribution is -2.55. The fourth-order valence-electron chi connectivity index (χ4n) is 3.86. The van der Waals surface area contributed by atoms with E-state index in [1.165, 1.54) is 0 Å². The number of piperidine rings is 2. The van der Waals surface area contributed by atoms with Crippen LogP contribution in [0.1, 0.15) is 58.3 Å². The number of carbonyl (C=O) groups is 1. The Morgan fingerprint density at radius 3 is 2.46 bits per heavy atom. The Kier molecular flexibility index (Phi) is 4.80. The highest BCUT2D eigenvalue weighted by molar-refractivity contribution is 5.82. The van der Waals surface area contributed by atoms with Crippen molar-refractivity contribution in [2.24, 2.45) is 5.41 Å². The predicted molar refractivity (Wildman–Crippen MR) is 89.7 cm³/mol. The van der Waals surface area contributed by atoms with Crippen LogP contribution in [0.5, 0.6) is 0 Å². The van der Waals surface area contributed by atoms with Gasteiger partial charge in [0.2, 0.25) is 11.8 Å². The molecule has 1 amide bonds. The van der Waals surface area contributed by atoms with Crippen LogP contribution in [0.15, 0.2) is 9.21 Å². The Bertz CT molecular complexity index is 622. The maximum absolute atomic E-state index is 12.9. The van der Waals surface area contributed by atoms with Crippen molar-refractivity contribution >= 4 is 5.91 Å². The monoisotopic (exact) mass is 336 g/mol. The zero-order valence-electron chi connectivity index (χ0n) is 14.9. The van der Waals surface area contributed by atoms with E-state index in [-0.39, 0.29) is 23.3 Å². The standard InChI is InChI=1S/C17H28N4O3/c1-17(2,3)11-21-8-4-5-13(15(21)22)20-9-6-12(7-10-20)14-18-19-16(23)24-14/h12-13H,4-11H2,1-3H3,(H,19,23). The van der Waals surface area contributed by atoms with Crippen LogP contribution in [-0.2, 0) is 4.79 Å². The van der Waals surface area contributed by atoms with Gasteiger partial charge in [0.1, 0.15) is 0 Å². The van der Waals surface area contributed by atoms with Gasteiger partial charge in [-0.15, -0.1) is 5.10 Å². The SMILES string of the molecule is CC(C)(C)CN1CCCC(N2CCC(c3n[nH]c(=O)o3)CC2)C1=O. The van der Waals surface area contributed by atoms with Gasteiger partial charge in [0.05, 0.1) is 6.04 Å². The molecule has 3 rings (SSSR count). The summed E-state index contributed by atoms with van der Waals surface area (Å²) in [6.45, 7) is 9.91. The van der Waals surface area contributed by atoms with Gasteiger partial charge in [-0.05, 0) is 44.2 Å². The van der Waals surface area contributed by atoms with Crippen LogP contribution in [0.2, 0.25) is 0 Å². The first-order valence-electron chi connectivity index (χ1n) is 8.92. The second-order valence-electron chi connectivity index (χ2n) is 8.24. The van der Waals surface area contributed by atoms with Crippen LogP contribution >= 0.6 is 0 Å². The first-order valence-corrected chi connectivity index (χ1v) is 8.92. The minimum Gasteiger partial charge on any atom is -0.392 e. The number of carbonyl (C=O) groups excluding carboxylic acids is 1. The van der Waals surface area contributed by atoms with E-state index in [0.717, 1.165) is 51.9 Å². The van der Waals surface area contributed by atoms with E-state index in [1.807, 2.05) is 4.90 Å². The topological polar surface area (TPSA) is 82.4 Å². The highest BCUT2D eigenvalue weighted by Crippen LogP contribution is 2.29. The van der Waals surface area contributed by atoms with Crippen molar-refractivity contribution in [3.05, 3.63) is 16.4 Å². The number of rotatable bonds is 3. The van der Waals surface area contributed by atoms with Gasteiger partial charge in [-0.3, -0.25) is 9.69 Å². The van der Waals surface area contributed by atoms with E-state index in [2.05, 4.69) is 35.9 Å². The van der Waals surface area contributed by atoms with Crippen molar-refractivity contribution in [1.82, 2.24) is 20.0 Å². The fourth-order valence-corrected chi connectivity index (χ4v) is 3.86. The van der Waals surface area contributed by atoms with Crippen LogP contribution < -0.4 is 5.76 Å². The molecule has 1 unspecified atom stereocenters. The molecular weight excluding hydrogens is 308 g/mol. The lowest BCUT2D eigenvalue weighted by molar-refractivity contribution is -0.142. The third-order valence-corrected chi connectivity index (χ3v) is 4.94. The van der Waals surface area contributed by atoms with Crippen molar-refractivity contribution in [3.8, 4) is 0 Å². The molecule has 0 saturated carbocycles. The number of aromatic amines is 1. The van der Waals surface area contributed by atoms with Crippen molar-refractivity contribution < 1.29 is 9.21 Å². The molecule has 2 aliphatic heterocycles. The number of H-pyrrole nitrogens is 1. The molecule has 0 aromatic carbocycles. The molecule has 0 aliphatic carbocycles. The lowest BCUT2D eigenvalue weighted by atomic mass is 9.91. The smallest absolute Gasteiger partial charge is 0.392 e. The second-order valence-corrected chi connectivity index (χ2v) is 8.24. The Labute approximate surface area is 142 Å². The maximum Gasteiger partial charge on any atom is 0.434 e. The summed E-state index contributed by atoms with van der Waals surface area (Å²) in [5, 5.41) is 6.27. The Hall–Kier alpha value is -1.63. The summed E-state index contributed by atoms with van der Waals surface area (Å²) in [7, 11) is 0. The lowest BCUT2D eigenvalue weighted by Gasteiger charge is -2.42. The highest BCUT2D eigenvalue weighted by Gasteiger charge is 2.37. The van der Waals surface area contributed by atoms with Gasteiger partial charge in [-0.25, -0.2) is 9.89 Å². The minimum atomic E-state index is -0.493. The summed E-state index contributed by atoms with van der Waals surface area (Å²) in [6, 6.07) is 0.00763. The Morgan fingerprint density at radius 1 is 1.17 bits per heavy atom. The molecule has 3 heterocycles. The molecule has 1 aromatic heterocycles. The zero-order valence-corrected chi connectivity index (χ0v) is 14.9. The van der Waals surface area contributed by atoms with Crippen molar-refractivity contribution in [1.29, 1.82) is 0 Å². The number of amides is 1. The van der Waals surface area contributed by atoms with E-state index in [1.54, 1.807) is 0 Å². The first-order chi connectivity index (χ1) is 11.3. The summed E-state index contributed by atoms with van der Waals surface area (Å²) in [6.07, 6.45) is 3.76. The Balaban J connectivity index is 1.59. The van der Waals surface area contributed by atoms with E-state index < -0.39 is 5.76 Å². The average Bonchev–Trinajstić information content (AvgIpc) is 2.95. The molecule has 2 fully saturated rings. The molecule has 1 atom stereocenters. The molecule has 2 aliphatic rings. The molecule has 0 radical (unpaired) electrons. The summed E-state index contributed by atoms with van der Waals surface area (Å²) in [5.41, 5.74) is 0.127. The average molecular weight is 336 g/mol. The number of aromatic nitrogens is 2. The summed E-state index contributed by atoms with van der Waals surface area (Å²) in [5.74, 6) is 0.460. The van der Waals surface area contributed by atoms with Gasteiger partial charge in [0.15, 0.2) is 0 Å². The van der Waals surface area contributed by atoms with Gasteiger partial charge in [0, 0.05) is 19.0 Å². The normalized spacial score (nSPS) is 24.5. The molecule has 0 spiro atoms. The van der Waals surface area contributed by atoms with Crippen LogP contribution in [-0.4, -0.2) is 58.1 Å². The van der Waals surface area contributed by atoms with Gasteiger partial charge in [0.25, 0.3) is 0 Å². The molecule has 7 heteroatoms.